The number of H-pyrrole nitrogens is 1. The van der Waals surface area contributed by atoms with Crippen LogP contribution in [0.5, 0.6) is 5.75 Å². The summed E-state index contributed by atoms with van der Waals surface area (Å²) in [7, 11) is 0. The third-order valence-electron chi connectivity index (χ3n) is 3.88. The van der Waals surface area contributed by atoms with E-state index >= 15 is 0 Å². The second-order valence-corrected chi connectivity index (χ2v) is 6.75. The van der Waals surface area contributed by atoms with Gasteiger partial charge in [0.15, 0.2) is 18.2 Å². The van der Waals surface area contributed by atoms with Gasteiger partial charge in [-0.05, 0) is 42.7 Å². The van der Waals surface area contributed by atoms with Crippen LogP contribution in [0.4, 0.5) is 4.39 Å². The highest BCUT2D eigenvalue weighted by atomic mass is 32.2. The number of hydrogen-bond acceptors (Lipinski definition) is 4. The zero-order valence-electron chi connectivity index (χ0n) is 14.4. The number of benzene rings is 2. The van der Waals surface area contributed by atoms with E-state index in [2.05, 4.69) is 15.3 Å². The molecular weight excluding hydrogens is 353 g/mol. The Labute approximate surface area is 155 Å². The second kappa shape index (κ2) is 8.71. The molecule has 0 radical (unpaired) electrons. The maximum Gasteiger partial charge on any atom is 0.258 e. The molecule has 1 aromatic heterocycles. The lowest BCUT2D eigenvalue weighted by Gasteiger charge is -2.16. The van der Waals surface area contributed by atoms with Crippen molar-refractivity contribution >= 4 is 28.7 Å². The van der Waals surface area contributed by atoms with Crippen LogP contribution in [0.1, 0.15) is 18.3 Å². The quantitative estimate of drug-likeness (QED) is 0.632. The van der Waals surface area contributed by atoms with E-state index in [0.29, 0.717) is 5.82 Å². The van der Waals surface area contributed by atoms with Crippen molar-refractivity contribution in [3.8, 4) is 5.75 Å². The summed E-state index contributed by atoms with van der Waals surface area (Å²) in [6.45, 7) is -0.253. The molecule has 0 saturated heterocycles. The molecule has 7 heteroatoms. The van der Waals surface area contributed by atoms with Gasteiger partial charge in [-0.3, -0.25) is 4.79 Å². The number of carbonyl (C=O) groups is 1. The van der Waals surface area contributed by atoms with Gasteiger partial charge in [0.2, 0.25) is 0 Å². The van der Waals surface area contributed by atoms with Crippen LogP contribution >= 0.6 is 11.8 Å². The van der Waals surface area contributed by atoms with Gasteiger partial charge in [-0.15, -0.1) is 0 Å². The summed E-state index contributed by atoms with van der Waals surface area (Å²) >= 11 is 1.70. The van der Waals surface area contributed by atoms with E-state index in [1.54, 1.807) is 23.9 Å². The summed E-state index contributed by atoms with van der Waals surface area (Å²) in [5.41, 5.74) is 1.78. The highest BCUT2D eigenvalue weighted by molar-refractivity contribution is 7.98. The summed E-state index contributed by atoms with van der Waals surface area (Å²) < 4.78 is 18.9. The Hall–Kier alpha value is -2.54. The number of nitrogens with one attached hydrogen (secondary N) is 2. The fourth-order valence-electron chi connectivity index (χ4n) is 2.59. The molecule has 2 aromatic carbocycles. The van der Waals surface area contributed by atoms with Gasteiger partial charge < -0.3 is 15.0 Å². The molecule has 0 aliphatic carbocycles. The monoisotopic (exact) mass is 373 g/mol. The number of carbonyl (C=O) groups excluding carboxylic acids is 1. The van der Waals surface area contributed by atoms with E-state index < -0.39 is 5.82 Å². The number of amides is 1. The molecule has 1 amide bonds. The van der Waals surface area contributed by atoms with Crippen LogP contribution in [0.3, 0.4) is 0 Å². The SMILES string of the molecule is CSCC[C@H](NC(=O)COc1ccccc1F)c1nc2ccccc2[nH]1. The molecular formula is C19H20FN3O2S. The topological polar surface area (TPSA) is 67.0 Å². The summed E-state index contributed by atoms with van der Waals surface area (Å²) in [6, 6.07) is 13.5. The van der Waals surface area contributed by atoms with Gasteiger partial charge in [0.1, 0.15) is 5.82 Å². The molecule has 0 spiro atoms. The van der Waals surface area contributed by atoms with Gasteiger partial charge in [-0.2, -0.15) is 11.8 Å². The van der Waals surface area contributed by atoms with Crippen molar-refractivity contribution in [2.45, 2.75) is 12.5 Å². The molecule has 26 heavy (non-hydrogen) atoms. The molecule has 3 aromatic rings. The zero-order valence-corrected chi connectivity index (χ0v) is 15.2. The molecule has 0 aliphatic heterocycles. The zero-order chi connectivity index (χ0) is 18.4. The lowest BCUT2D eigenvalue weighted by atomic mass is 10.2. The number of rotatable bonds is 8. The third kappa shape index (κ3) is 4.54. The summed E-state index contributed by atoms with van der Waals surface area (Å²) in [4.78, 5) is 20.1. The number of fused-ring (bicyclic) bond motifs is 1. The molecule has 1 atom stereocenters. The van der Waals surface area contributed by atoms with E-state index in [-0.39, 0.29) is 24.3 Å². The van der Waals surface area contributed by atoms with Crippen LogP contribution in [0.15, 0.2) is 48.5 Å². The minimum absolute atomic E-state index is 0.0621. The van der Waals surface area contributed by atoms with Crippen LogP contribution in [0, 0.1) is 5.82 Å². The van der Waals surface area contributed by atoms with Gasteiger partial charge in [-0.1, -0.05) is 24.3 Å². The lowest BCUT2D eigenvalue weighted by molar-refractivity contribution is -0.124. The number of halogens is 1. The Morgan fingerprint density at radius 3 is 2.81 bits per heavy atom. The van der Waals surface area contributed by atoms with Crippen molar-refractivity contribution in [1.82, 2.24) is 15.3 Å². The van der Waals surface area contributed by atoms with E-state index in [4.69, 9.17) is 4.74 Å². The number of nitrogens with zero attached hydrogens (tertiary/aromatic N) is 1. The molecule has 0 bridgehead atoms. The van der Waals surface area contributed by atoms with Crippen LogP contribution < -0.4 is 10.1 Å². The molecule has 0 fully saturated rings. The van der Waals surface area contributed by atoms with Crippen LogP contribution in [-0.2, 0) is 4.79 Å². The van der Waals surface area contributed by atoms with Gasteiger partial charge in [-0.25, -0.2) is 9.37 Å². The molecule has 2 N–H and O–H groups in total. The van der Waals surface area contributed by atoms with E-state index in [0.717, 1.165) is 23.2 Å². The van der Waals surface area contributed by atoms with E-state index in [1.807, 2.05) is 30.5 Å². The van der Waals surface area contributed by atoms with Crippen molar-refractivity contribution in [3.63, 3.8) is 0 Å². The minimum Gasteiger partial charge on any atom is -0.481 e. The number of aromatic amines is 1. The van der Waals surface area contributed by atoms with Crippen LogP contribution in [0.2, 0.25) is 0 Å². The molecule has 0 saturated carbocycles. The first kappa shape index (κ1) is 18.3. The van der Waals surface area contributed by atoms with Gasteiger partial charge in [0, 0.05) is 0 Å². The van der Waals surface area contributed by atoms with E-state index in [9.17, 15) is 9.18 Å². The number of ether oxygens (including phenoxy) is 1. The van der Waals surface area contributed by atoms with Crippen molar-refractivity contribution in [2.24, 2.45) is 0 Å². The first-order valence-corrected chi connectivity index (χ1v) is 9.67. The van der Waals surface area contributed by atoms with Gasteiger partial charge in [0.25, 0.3) is 5.91 Å². The maximum atomic E-state index is 13.6. The Morgan fingerprint density at radius 1 is 1.27 bits per heavy atom. The first-order valence-electron chi connectivity index (χ1n) is 8.27. The molecule has 1 heterocycles. The molecule has 3 rings (SSSR count). The van der Waals surface area contributed by atoms with Gasteiger partial charge >= 0.3 is 0 Å². The fourth-order valence-corrected chi connectivity index (χ4v) is 3.06. The Kier molecular flexibility index (Phi) is 6.12. The second-order valence-electron chi connectivity index (χ2n) is 5.76. The Balaban J connectivity index is 1.67. The predicted molar refractivity (Wildman–Crippen MR) is 102 cm³/mol. The summed E-state index contributed by atoms with van der Waals surface area (Å²) in [6.07, 6.45) is 2.74. The highest BCUT2D eigenvalue weighted by Crippen LogP contribution is 2.20. The van der Waals surface area contributed by atoms with Crippen molar-refractivity contribution < 1.29 is 13.9 Å². The largest absolute Gasteiger partial charge is 0.481 e. The Morgan fingerprint density at radius 2 is 2.04 bits per heavy atom. The van der Waals surface area contributed by atoms with Crippen LogP contribution in [0.25, 0.3) is 11.0 Å². The number of thioether (sulfide) groups is 1. The average Bonchev–Trinajstić information content (AvgIpc) is 3.08. The van der Waals surface area contributed by atoms with Crippen molar-refractivity contribution in [2.75, 3.05) is 18.6 Å². The predicted octanol–water partition coefficient (Wildman–Crippen LogP) is 3.69. The summed E-state index contributed by atoms with van der Waals surface area (Å²) in [5, 5.41) is 2.93. The molecule has 0 unspecified atom stereocenters. The van der Waals surface area contributed by atoms with Crippen LogP contribution in [-0.4, -0.2) is 34.5 Å². The highest BCUT2D eigenvalue weighted by Gasteiger charge is 2.18. The third-order valence-corrected chi connectivity index (χ3v) is 4.52. The standard InChI is InChI=1S/C19H20FN3O2S/c1-26-11-10-16(19-22-14-7-3-4-8-15(14)23-19)21-18(24)12-25-17-9-5-2-6-13(17)20/h2-9,16H,10-12H2,1H3,(H,21,24)(H,22,23)/t16-/m0/s1. The van der Waals surface area contributed by atoms with E-state index in [1.165, 1.54) is 12.1 Å². The fraction of sp³-hybridized carbons (Fsp3) is 0.263. The first-order chi connectivity index (χ1) is 12.7. The summed E-state index contributed by atoms with van der Waals surface area (Å²) in [5.74, 6) is 0.832. The van der Waals surface area contributed by atoms with Gasteiger partial charge in [0.05, 0.1) is 17.1 Å². The smallest absolute Gasteiger partial charge is 0.258 e. The number of para-hydroxylation sites is 3. The molecule has 136 valence electrons. The number of imidazole rings is 1. The average molecular weight is 373 g/mol. The van der Waals surface area contributed by atoms with Crippen molar-refractivity contribution in [3.05, 3.63) is 60.2 Å². The molecule has 5 nitrogen and oxygen atoms in total. The van der Waals surface area contributed by atoms with Crippen molar-refractivity contribution in [1.29, 1.82) is 0 Å². The number of aromatic nitrogens is 2. The lowest BCUT2D eigenvalue weighted by Crippen LogP contribution is -2.33. The molecule has 0 aliphatic rings. The Bertz CT molecular complexity index is 851. The maximum absolute atomic E-state index is 13.6. The minimum atomic E-state index is -0.489. The number of hydrogen-bond donors (Lipinski definition) is 2. The normalized spacial score (nSPS) is 12.1.